The van der Waals surface area contributed by atoms with Crippen LogP contribution >= 0.6 is 11.3 Å². The molecule has 3 heterocycles. The van der Waals surface area contributed by atoms with Crippen molar-refractivity contribution in [3.8, 4) is 0 Å². The first-order chi connectivity index (χ1) is 10.1. The van der Waals surface area contributed by atoms with Gasteiger partial charge in [0.05, 0.1) is 23.4 Å². The van der Waals surface area contributed by atoms with Gasteiger partial charge in [-0.25, -0.2) is 8.42 Å². The number of hydrogen-bond acceptors (Lipinski definition) is 6. The van der Waals surface area contributed by atoms with Gasteiger partial charge in [0.2, 0.25) is 0 Å². The predicted molar refractivity (Wildman–Crippen MR) is 80.8 cm³/mol. The Morgan fingerprint density at radius 1 is 1.43 bits per heavy atom. The van der Waals surface area contributed by atoms with E-state index in [4.69, 9.17) is 0 Å². The van der Waals surface area contributed by atoms with E-state index in [9.17, 15) is 8.42 Å². The molecule has 0 radical (unpaired) electrons. The van der Waals surface area contributed by atoms with Crippen LogP contribution in [0.25, 0.3) is 0 Å². The molecule has 1 saturated heterocycles. The van der Waals surface area contributed by atoms with E-state index in [1.807, 2.05) is 11.7 Å². The number of nitrogens with one attached hydrogen (secondary N) is 1. The zero-order valence-electron chi connectivity index (χ0n) is 11.8. The van der Waals surface area contributed by atoms with Gasteiger partial charge in [0.1, 0.15) is 4.90 Å². The van der Waals surface area contributed by atoms with Gasteiger partial charge < -0.3 is 0 Å². The summed E-state index contributed by atoms with van der Waals surface area (Å²) in [6.45, 7) is 1.77. The molecule has 3 rings (SSSR count). The van der Waals surface area contributed by atoms with Gasteiger partial charge in [0, 0.05) is 23.9 Å². The molecule has 1 fully saturated rings. The molecule has 0 spiro atoms. The van der Waals surface area contributed by atoms with Gasteiger partial charge in [0.25, 0.3) is 0 Å². The lowest BCUT2D eigenvalue weighted by Gasteiger charge is -2.35. The highest BCUT2D eigenvalue weighted by Gasteiger charge is 2.30. The Morgan fingerprint density at radius 3 is 3.00 bits per heavy atom. The van der Waals surface area contributed by atoms with Crippen LogP contribution in [0.2, 0.25) is 0 Å². The van der Waals surface area contributed by atoms with Crippen molar-refractivity contribution in [3.05, 3.63) is 28.5 Å². The van der Waals surface area contributed by atoms with Crippen molar-refractivity contribution in [2.75, 3.05) is 12.8 Å². The molecule has 114 valence electrons. The summed E-state index contributed by atoms with van der Waals surface area (Å²) in [5.74, 6) is 0. The van der Waals surface area contributed by atoms with Crippen LogP contribution in [0.1, 0.15) is 35.9 Å². The number of thiazole rings is 1. The molecule has 0 saturated carbocycles. The number of likely N-dealkylation sites (tertiary alicyclic amines) is 1. The fourth-order valence-electron chi connectivity index (χ4n) is 2.85. The number of sulfone groups is 1. The summed E-state index contributed by atoms with van der Waals surface area (Å²) < 4.78 is 23.8. The van der Waals surface area contributed by atoms with E-state index in [2.05, 4.69) is 20.1 Å². The molecule has 0 aliphatic carbocycles. The van der Waals surface area contributed by atoms with E-state index in [1.165, 1.54) is 17.3 Å². The molecular weight excluding hydrogens is 308 g/mol. The highest BCUT2D eigenvalue weighted by atomic mass is 32.2. The molecule has 2 aromatic heterocycles. The smallest absolute Gasteiger partial charge is 0.178 e. The molecule has 1 aliphatic heterocycles. The first-order valence-electron chi connectivity index (χ1n) is 6.90. The lowest BCUT2D eigenvalue weighted by Crippen LogP contribution is -2.33. The maximum Gasteiger partial charge on any atom is 0.178 e. The predicted octanol–water partition coefficient (Wildman–Crippen LogP) is 2.00. The summed E-state index contributed by atoms with van der Waals surface area (Å²) in [4.78, 5) is 7.95. The zero-order valence-corrected chi connectivity index (χ0v) is 13.5. The van der Waals surface area contributed by atoms with Crippen molar-refractivity contribution in [2.45, 2.75) is 36.7 Å². The van der Waals surface area contributed by atoms with Gasteiger partial charge in [-0.2, -0.15) is 5.10 Å². The molecule has 2 aromatic rings. The van der Waals surface area contributed by atoms with Gasteiger partial charge in [-0.15, -0.1) is 11.3 Å². The lowest BCUT2D eigenvalue weighted by molar-refractivity contribution is 0.136. The minimum absolute atomic E-state index is 0.0769. The third-order valence-corrected chi connectivity index (χ3v) is 5.71. The van der Waals surface area contributed by atoms with Gasteiger partial charge in [-0.1, -0.05) is 6.42 Å². The third kappa shape index (κ3) is 3.17. The molecule has 0 bridgehead atoms. The molecule has 0 amide bonds. The van der Waals surface area contributed by atoms with E-state index < -0.39 is 9.84 Å². The minimum atomic E-state index is -3.26. The topological polar surface area (TPSA) is 79.0 Å². The summed E-state index contributed by atoms with van der Waals surface area (Å²) in [5.41, 5.74) is 2.55. The Bertz CT molecular complexity index is 694. The second-order valence-corrected chi connectivity index (χ2v) is 8.32. The first-order valence-corrected chi connectivity index (χ1v) is 9.67. The number of rotatable bonds is 4. The number of nitrogens with zero attached hydrogens (tertiary/aromatic N) is 3. The molecule has 6 nitrogen and oxygen atoms in total. The molecular formula is C13H18N4O2S2. The number of piperidine rings is 1. The van der Waals surface area contributed by atoms with Crippen molar-refractivity contribution in [3.63, 3.8) is 0 Å². The summed E-state index contributed by atoms with van der Waals surface area (Å²) in [5, 5.41) is 6.86. The quantitative estimate of drug-likeness (QED) is 0.929. The SMILES string of the molecule is CS(=O)(=O)c1cn[nH]c1C1CCCCN1Cc1cncs1. The fourth-order valence-corrected chi connectivity index (χ4v) is 4.29. The van der Waals surface area contributed by atoms with E-state index in [0.717, 1.165) is 38.0 Å². The van der Waals surface area contributed by atoms with Crippen molar-refractivity contribution < 1.29 is 8.42 Å². The molecule has 1 aliphatic rings. The molecule has 8 heteroatoms. The highest BCUT2D eigenvalue weighted by molar-refractivity contribution is 7.90. The van der Waals surface area contributed by atoms with E-state index >= 15 is 0 Å². The number of aromatic amines is 1. The molecule has 0 aromatic carbocycles. The molecule has 21 heavy (non-hydrogen) atoms. The molecule has 1 atom stereocenters. The Hall–Kier alpha value is -1.25. The van der Waals surface area contributed by atoms with Crippen LogP contribution in [-0.2, 0) is 16.4 Å². The summed E-state index contributed by atoms with van der Waals surface area (Å²) in [7, 11) is -3.26. The fraction of sp³-hybridized carbons (Fsp3) is 0.538. The van der Waals surface area contributed by atoms with Crippen molar-refractivity contribution in [1.82, 2.24) is 20.1 Å². The lowest BCUT2D eigenvalue weighted by atomic mass is 9.99. The monoisotopic (exact) mass is 326 g/mol. The summed E-state index contributed by atoms with van der Waals surface area (Å²) in [6.07, 6.45) is 7.72. The first kappa shape index (κ1) is 14.7. The van der Waals surface area contributed by atoms with Gasteiger partial charge in [-0.05, 0) is 19.4 Å². The van der Waals surface area contributed by atoms with Crippen molar-refractivity contribution >= 4 is 21.2 Å². The van der Waals surface area contributed by atoms with Gasteiger partial charge >= 0.3 is 0 Å². The van der Waals surface area contributed by atoms with Crippen LogP contribution in [0, 0.1) is 0 Å². The van der Waals surface area contributed by atoms with Crippen LogP contribution < -0.4 is 0 Å². The zero-order chi connectivity index (χ0) is 14.9. The Balaban J connectivity index is 1.89. The number of aromatic nitrogens is 3. The normalized spacial score (nSPS) is 20.7. The number of hydrogen-bond donors (Lipinski definition) is 1. The summed E-state index contributed by atoms with van der Waals surface area (Å²) >= 11 is 1.63. The Labute approximate surface area is 128 Å². The second kappa shape index (κ2) is 5.86. The van der Waals surface area contributed by atoms with Crippen LogP contribution in [0.5, 0.6) is 0 Å². The van der Waals surface area contributed by atoms with Crippen LogP contribution in [0.4, 0.5) is 0 Å². The van der Waals surface area contributed by atoms with Gasteiger partial charge in [-0.3, -0.25) is 15.0 Å². The largest absolute Gasteiger partial charge is 0.290 e. The average molecular weight is 326 g/mol. The summed E-state index contributed by atoms with van der Waals surface area (Å²) in [6, 6.07) is 0.0769. The third-order valence-electron chi connectivity index (χ3n) is 3.82. The maximum absolute atomic E-state index is 11.9. The van der Waals surface area contributed by atoms with Crippen molar-refractivity contribution in [1.29, 1.82) is 0 Å². The average Bonchev–Trinajstić information content (AvgIpc) is 3.08. The highest BCUT2D eigenvalue weighted by Crippen LogP contribution is 2.34. The van der Waals surface area contributed by atoms with Crippen LogP contribution in [0.15, 0.2) is 22.8 Å². The van der Waals surface area contributed by atoms with Crippen LogP contribution in [-0.4, -0.2) is 41.3 Å². The maximum atomic E-state index is 11.9. The van der Waals surface area contributed by atoms with Gasteiger partial charge in [0.15, 0.2) is 9.84 Å². The second-order valence-electron chi connectivity index (χ2n) is 5.37. The van der Waals surface area contributed by atoms with E-state index in [1.54, 1.807) is 11.3 Å². The van der Waals surface area contributed by atoms with E-state index in [-0.39, 0.29) is 6.04 Å². The van der Waals surface area contributed by atoms with Crippen LogP contribution in [0.3, 0.4) is 0 Å². The standard InChI is InChI=1S/C13H18N4O2S2/c1-21(18,19)12-7-15-16-13(12)11-4-2-3-5-17(11)8-10-6-14-9-20-10/h6-7,9,11H,2-5,8H2,1H3,(H,15,16). The number of H-pyrrole nitrogens is 1. The molecule has 1 unspecified atom stereocenters. The Morgan fingerprint density at radius 2 is 2.29 bits per heavy atom. The minimum Gasteiger partial charge on any atom is -0.290 e. The van der Waals surface area contributed by atoms with Crippen molar-refractivity contribution in [2.24, 2.45) is 0 Å². The Kier molecular flexibility index (Phi) is 4.10. The van der Waals surface area contributed by atoms with E-state index in [0.29, 0.717) is 4.90 Å². The molecule has 1 N–H and O–H groups in total.